The number of benzene rings is 2. The number of rotatable bonds is 5. The van der Waals surface area contributed by atoms with E-state index in [1.807, 2.05) is 27.7 Å². The minimum Gasteiger partial charge on any atom is -0.426 e. The third-order valence-electron chi connectivity index (χ3n) is 10.9. The largest absolute Gasteiger partial charge is 0.426 e. The van der Waals surface area contributed by atoms with Crippen molar-refractivity contribution >= 4 is 11.9 Å². The zero-order valence-corrected chi connectivity index (χ0v) is 28.8. The lowest BCUT2D eigenvalue weighted by molar-refractivity contribution is -0.141. The molecule has 0 radical (unpaired) electrons. The summed E-state index contributed by atoms with van der Waals surface area (Å²) in [5, 5.41) is 18.2. The summed E-state index contributed by atoms with van der Waals surface area (Å²) in [5.74, 6) is 4.29. The highest BCUT2D eigenvalue weighted by molar-refractivity contribution is 5.76. The molecule has 46 heavy (non-hydrogen) atoms. The Morgan fingerprint density at radius 3 is 1.15 bits per heavy atom. The number of nitriles is 2. The van der Waals surface area contributed by atoms with Gasteiger partial charge in [0, 0.05) is 0 Å². The van der Waals surface area contributed by atoms with Crippen LogP contribution in [-0.2, 0) is 9.59 Å². The van der Waals surface area contributed by atoms with E-state index >= 15 is 0 Å². The first-order valence-corrected chi connectivity index (χ1v) is 17.4. The van der Waals surface area contributed by atoms with Crippen LogP contribution in [0.2, 0.25) is 0 Å². The molecule has 2 aromatic carbocycles. The van der Waals surface area contributed by atoms with Crippen LogP contribution in [0.1, 0.15) is 124 Å². The SMILES string of the molecule is Cc1cc(OC(=O)C2CCC(C)CC2)cc(C)c1C#N.Cc1cc(OC(=O)C2CCC(C3CCC(C)CC3)CC2)cc(C)c1C#N. The second kappa shape index (κ2) is 16.3. The smallest absolute Gasteiger partial charge is 0.314 e. The Labute approximate surface area is 276 Å². The van der Waals surface area contributed by atoms with Crippen LogP contribution in [0.5, 0.6) is 11.5 Å². The molecule has 6 nitrogen and oxygen atoms in total. The topological polar surface area (TPSA) is 100 Å². The predicted molar refractivity (Wildman–Crippen MR) is 180 cm³/mol. The third-order valence-corrected chi connectivity index (χ3v) is 10.9. The van der Waals surface area contributed by atoms with Crippen LogP contribution in [-0.4, -0.2) is 11.9 Å². The first-order chi connectivity index (χ1) is 22.0. The zero-order chi connectivity index (χ0) is 33.4. The summed E-state index contributed by atoms with van der Waals surface area (Å²) in [7, 11) is 0. The molecule has 3 aliphatic rings. The number of esters is 2. The van der Waals surface area contributed by atoms with Gasteiger partial charge in [0.15, 0.2) is 0 Å². The minimum absolute atomic E-state index is 0.0301. The monoisotopic (exact) mass is 624 g/mol. The minimum atomic E-state index is -0.125. The normalized spacial score (nSPS) is 26.0. The Morgan fingerprint density at radius 1 is 0.543 bits per heavy atom. The Hall–Kier alpha value is -3.64. The second-order valence-corrected chi connectivity index (χ2v) is 14.5. The lowest BCUT2D eigenvalue weighted by atomic mass is 9.69. The molecule has 3 aliphatic carbocycles. The van der Waals surface area contributed by atoms with E-state index in [1.54, 1.807) is 24.3 Å². The molecule has 0 aliphatic heterocycles. The van der Waals surface area contributed by atoms with Crippen molar-refractivity contribution in [1.29, 1.82) is 10.5 Å². The van der Waals surface area contributed by atoms with Gasteiger partial charge in [0.2, 0.25) is 0 Å². The Kier molecular flexibility index (Phi) is 12.5. The van der Waals surface area contributed by atoms with E-state index in [1.165, 1.54) is 38.5 Å². The molecular weight excluding hydrogens is 572 g/mol. The van der Waals surface area contributed by atoms with Crippen molar-refractivity contribution in [3.8, 4) is 23.6 Å². The molecule has 0 aromatic heterocycles. The van der Waals surface area contributed by atoms with Crippen molar-refractivity contribution in [1.82, 2.24) is 0 Å². The van der Waals surface area contributed by atoms with Gasteiger partial charge in [-0.2, -0.15) is 10.5 Å². The molecule has 0 unspecified atom stereocenters. The number of aryl methyl sites for hydroxylation is 4. The molecule has 0 bridgehead atoms. The lowest BCUT2D eigenvalue weighted by Crippen LogP contribution is -2.29. The molecule has 6 heteroatoms. The maximum Gasteiger partial charge on any atom is 0.314 e. The average molecular weight is 625 g/mol. The van der Waals surface area contributed by atoms with Gasteiger partial charge in [-0.1, -0.05) is 26.7 Å². The summed E-state index contributed by atoms with van der Waals surface area (Å²) in [5.41, 5.74) is 4.78. The molecule has 2 aromatic rings. The second-order valence-electron chi connectivity index (χ2n) is 14.5. The lowest BCUT2D eigenvalue weighted by Gasteiger charge is -2.36. The Balaban J connectivity index is 0.000000216. The Bertz CT molecular complexity index is 1410. The molecule has 0 atom stereocenters. The number of ether oxygens (including phenoxy) is 2. The number of carbonyl (C=O) groups is 2. The Morgan fingerprint density at radius 2 is 0.826 bits per heavy atom. The highest BCUT2D eigenvalue weighted by atomic mass is 16.5. The molecule has 5 rings (SSSR count). The van der Waals surface area contributed by atoms with Gasteiger partial charge >= 0.3 is 11.9 Å². The molecule has 0 amide bonds. The van der Waals surface area contributed by atoms with Crippen molar-refractivity contribution in [3.63, 3.8) is 0 Å². The number of hydrogen-bond donors (Lipinski definition) is 0. The van der Waals surface area contributed by atoms with Gasteiger partial charge in [-0.15, -0.1) is 0 Å². The number of nitrogens with zero attached hydrogens (tertiary/aromatic N) is 2. The van der Waals surface area contributed by atoms with Crippen molar-refractivity contribution in [2.75, 3.05) is 0 Å². The molecule has 0 N–H and O–H groups in total. The van der Waals surface area contributed by atoms with E-state index in [2.05, 4.69) is 26.0 Å². The summed E-state index contributed by atoms with van der Waals surface area (Å²) >= 11 is 0. The first-order valence-electron chi connectivity index (χ1n) is 17.4. The van der Waals surface area contributed by atoms with Crippen LogP contribution >= 0.6 is 0 Å². The highest BCUT2D eigenvalue weighted by Gasteiger charge is 2.33. The van der Waals surface area contributed by atoms with Gasteiger partial charge in [-0.3, -0.25) is 9.59 Å². The van der Waals surface area contributed by atoms with E-state index in [-0.39, 0.29) is 23.8 Å². The molecule has 246 valence electrons. The summed E-state index contributed by atoms with van der Waals surface area (Å²) in [6, 6.07) is 11.5. The summed E-state index contributed by atoms with van der Waals surface area (Å²) in [4.78, 5) is 24.7. The van der Waals surface area contributed by atoms with E-state index in [9.17, 15) is 9.59 Å². The molecule has 0 spiro atoms. The van der Waals surface area contributed by atoms with E-state index in [0.717, 1.165) is 84.5 Å². The zero-order valence-electron chi connectivity index (χ0n) is 28.8. The maximum absolute atomic E-state index is 12.6. The standard InChI is InChI=1S/C23H31NO2.C17H21NO2/c1-15-4-6-18(7-5-15)19-8-10-20(11-9-19)23(25)26-21-12-16(2)22(14-24)17(3)13-21;1-11-4-6-14(7-5-11)17(19)20-15-8-12(2)16(10-18)13(3)9-15/h12-13,15,18-20H,4-11H2,1-3H3;8-9,11,14H,4-7H2,1-3H3. The van der Waals surface area contributed by atoms with Crippen LogP contribution in [0.25, 0.3) is 0 Å². The van der Waals surface area contributed by atoms with Crippen molar-refractivity contribution in [3.05, 3.63) is 57.6 Å². The summed E-state index contributed by atoms with van der Waals surface area (Å²) in [6.07, 6.45) is 13.8. The van der Waals surface area contributed by atoms with Gasteiger partial charge in [-0.05, 0) is 162 Å². The third kappa shape index (κ3) is 9.22. The van der Waals surface area contributed by atoms with Gasteiger partial charge in [0.1, 0.15) is 11.5 Å². The van der Waals surface area contributed by atoms with Crippen LogP contribution in [0, 0.1) is 85.9 Å². The summed E-state index contributed by atoms with van der Waals surface area (Å²) in [6.45, 7) is 12.1. The van der Waals surface area contributed by atoms with E-state index < -0.39 is 0 Å². The fourth-order valence-corrected chi connectivity index (χ4v) is 7.80. The van der Waals surface area contributed by atoms with Gasteiger partial charge in [-0.25, -0.2) is 0 Å². The predicted octanol–water partition coefficient (Wildman–Crippen LogP) is 9.62. The average Bonchev–Trinajstić information content (AvgIpc) is 3.02. The van der Waals surface area contributed by atoms with Crippen molar-refractivity contribution in [2.24, 2.45) is 35.5 Å². The van der Waals surface area contributed by atoms with Gasteiger partial charge < -0.3 is 9.47 Å². The van der Waals surface area contributed by atoms with Gasteiger partial charge in [0.05, 0.1) is 35.1 Å². The highest BCUT2D eigenvalue weighted by Crippen LogP contribution is 2.41. The molecule has 3 saturated carbocycles. The summed E-state index contributed by atoms with van der Waals surface area (Å²) < 4.78 is 11.2. The fraction of sp³-hybridized carbons (Fsp3) is 0.600. The molecular formula is C40H52N2O4. The molecule has 0 heterocycles. The van der Waals surface area contributed by atoms with Crippen LogP contribution < -0.4 is 9.47 Å². The van der Waals surface area contributed by atoms with Gasteiger partial charge in [0.25, 0.3) is 0 Å². The maximum atomic E-state index is 12.6. The number of carbonyl (C=O) groups excluding carboxylic acids is 2. The van der Waals surface area contributed by atoms with Crippen LogP contribution in [0.3, 0.4) is 0 Å². The van der Waals surface area contributed by atoms with E-state index in [4.69, 9.17) is 20.0 Å². The van der Waals surface area contributed by atoms with E-state index in [0.29, 0.717) is 22.6 Å². The fourth-order valence-electron chi connectivity index (χ4n) is 7.80. The number of hydrogen-bond acceptors (Lipinski definition) is 6. The van der Waals surface area contributed by atoms with Crippen molar-refractivity contribution < 1.29 is 19.1 Å². The van der Waals surface area contributed by atoms with Crippen molar-refractivity contribution in [2.45, 2.75) is 119 Å². The van der Waals surface area contributed by atoms with Crippen LogP contribution in [0.15, 0.2) is 24.3 Å². The quantitative estimate of drug-likeness (QED) is 0.243. The molecule has 0 saturated heterocycles. The van der Waals surface area contributed by atoms with Crippen LogP contribution in [0.4, 0.5) is 0 Å². The first kappa shape index (κ1) is 35.2. The molecule has 3 fully saturated rings.